The van der Waals surface area contributed by atoms with Gasteiger partial charge in [-0.15, -0.1) is 0 Å². The van der Waals surface area contributed by atoms with E-state index in [0.29, 0.717) is 31.1 Å². The second-order valence-corrected chi connectivity index (χ2v) is 12.7. The van der Waals surface area contributed by atoms with Crippen LogP contribution in [0.2, 0.25) is 5.02 Å². The number of hydrogen-bond acceptors (Lipinski definition) is 6. The molecule has 2 aliphatic heterocycles. The summed E-state index contributed by atoms with van der Waals surface area (Å²) in [5, 5.41) is 2.36. The molecule has 0 saturated carbocycles. The zero-order valence-corrected chi connectivity index (χ0v) is 24.6. The van der Waals surface area contributed by atoms with Gasteiger partial charge >= 0.3 is 11.0 Å². The number of anilines is 2. The second kappa shape index (κ2) is 11.0. The number of aryl methyl sites for hydroxylation is 1. The summed E-state index contributed by atoms with van der Waals surface area (Å²) in [5.41, 5.74) is 0.377. The van der Waals surface area contributed by atoms with Crippen molar-refractivity contribution in [1.82, 2.24) is 4.57 Å². The first-order valence-corrected chi connectivity index (χ1v) is 15.1. The molecular weight excluding hydrogens is 623 g/mol. The highest BCUT2D eigenvalue weighted by atomic mass is 35.5. The van der Waals surface area contributed by atoms with Gasteiger partial charge in [0, 0.05) is 21.5 Å². The maximum atomic E-state index is 13.9. The molecule has 13 heteroatoms. The van der Waals surface area contributed by atoms with Crippen LogP contribution < -0.4 is 15.1 Å². The number of benzene rings is 3. The van der Waals surface area contributed by atoms with E-state index in [-0.39, 0.29) is 6.54 Å². The number of aromatic nitrogens is 1. The van der Waals surface area contributed by atoms with Crippen LogP contribution in [0.5, 0.6) is 0 Å². The first-order valence-electron chi connectivity index (χ1n) is 13.0. The molecule has 3 aromatic carbocycles. The van der Waals surface area contributed by atoms with Crippen molar-refractivity contribution in [2.75, 3.05) is 10.2 Å². The van der Waals surface area contributed by atoms with Crippen molar-refractivity contribution >= 4 is 63.8 Å². The highest BCUT2D eigenvalue weighted by Gasteiger charge is 2.57. The van der Waals surface area contributed by atoms with Crippen molar-refractivity contribution in [1.29, 1.82) is 0 Å². The fraction of sp³-hybridized carbons (Fsp3) is 0.200. The molecule has 0 radical (unpaired) electrons. The van der Waals surface area contributed by atoms with Gasteiger partial charge in [-0.05, 0) is 54.4 Å². The molecule has 0 spiro atoms. The molecule has 1 fully saturated rings. The van der Waals surface area contributed by atoms with E-state index in [4.69, 9.17) is 11.6 Å². The van der Waals surface area contributed by atoms with Crippen LogP contribution in [0.3, 0.4) is 0 Å². The Balaban J connectivity index is 1.43. The molecule has 1 saturated heterocycles. The van der Waals surface area contributed by atoms with Crippen LogP contribution in [-0.2, 0) is 27.1 Å². The summed E-state index contributed by atoms with van der Waals surface area (Å²) in [5.74, 6) is -4.03. The second-order valence-electron chi connectivity index (χ2n) is 10.2. The molecule has 1 aromatic heterocycles. The normalized spacial score (nSPS) is 19.7. The third kappa shape index (κ3) is 5.28. The molecule has 0 unspecified atom stereocenters. The average Bonchev–Trinajstić information content (AvgIpc) is 3.39. The van der Waals surface area contributed by atoms with Crippen LogP contribution in [0.4, 0.5) is 24.5 Å². The Hall–Kier alpha value is -3.87. The Morgan fingerprint density at radius 2 is 1.70 bits per heavy atom. The van der Waals surface area contributed by atoms with Crippen molar-refractivity contribution < 1.29 is 27.6 Å². The summed E-state index contributed by atoms with van der Waals surface area (Å²) < 4.78 is 43.0. The molecule has 6 rings (SSSR count). The fourth-order valence-corrected chi connectivity index (χ4v) is 8.40. The van der Waals surface area contributed by atoms with Crippen LogP contribution in [0.15, 0.2) is 82.6 Å². The molecule has 0 bridgehead atoms. The van der Waals surface area contributed by atoms with Crippen LogP contribution in [-0.4, -0.2) is 27.5 Å². The Bertz CT molecular complexity index is 1840. The zero-order valence-electron chi connectivity index (χ0n) is 22.2. The molecule has 2 aliphatic rings. The van der Waals surface area contributed by atoms with Gasteiger partial charge in [0.2, 0.25) is 17.7 Å². The Morgan fingerprint density at radius 3 is 2.40 bits per heavy atom. The quantitative estimate of drug-likeness (QED) is 0.257. The van der Waals surface area contributed by atoms with Gasteiger partial charge in [0.15, 0.2) is 0 Å². The summed E-state index contributed by atoms with van der Waals surface area (Å²) in [7, 11) is 0. The standard InChI is InChI=1S/C30H21ClF3N3O4S2/c1-15-5-4-6-18(13-15)35-21(38)14-36-28-25(43-29(36)41)22(16-9-11-17(31)12-10-16)23-24(42-28)27(40)37(26(23)39)20-8-3-2-7-19(20)30(32,33)34/h2-13,22-24H,14H2,1H3,(H,35,38)/t22-,23-,24+/m0/s1. The van der Waals surface area contributed by atoms with E-state index in [1.165, 1.54) is 16.7 Å². The molecular formula is C30H21ClF3N3O4S2. The third-order valence-corrected chi connectivity index (χ3v) is 10.2. The van der Waals surface area contributed by atoms with Crippen molar-refractivity contribution in [3.8, 4) is 0 Å². The number of alkyl halides is 3. The summed E-state index contributed by atoms with van der Waals surface area (Å²) in [6, 6.07) is 18.1. The minimum atomic E-state index is -4.81. The van der Waals surface area contributed by atoms with Gasteiger partial charge in [-0.3, -0.25) is 23.7 Å². The van der Waals surface area contributed by atoms with Gasteiger partial charge in [-0.25, -0.2) is 4.90 Å². The number of thiazole rings is 1. The van der Waals surface area contributed by atoms with E-state index in [2.05, 4.69) is 5.32 Å². The predicted octanol–water partition coefficient (Wildman–Crippen LogP) is 6.32. The lowest BCUT2D eigenvalue weighted by Crippen LogP contribution is -2.33. The molecule has 3 amide bonds. The number of fused-ring (bicyclic) bond motifs is 2. The maximum absolute atomic E-state index is 13.9. The summed E-state index contributed by atoms with van der Waals surface area (Å²) in [6.45, 7) is 1.51. The number of halogens is 4. The number of nitrogens with zero attached hydrogens (tertiary/aromatic N) is 2. The van der Waals surface area contributed by atoms with Crippen molar-refractivity contribution in [3.63, 3.8) is 0 Å². The Kier molecular flexibility index (Phi) is 7.47. The largest absolute Gasteiger partial charge is 0.418 e. The fourth-order valence-electron chi connectivity index (χ4n) is 5.50. The Morgan fingerprint density at radius 1 is 0.977 bits per heavy atom. The molecule has 3 heterocycles. The minimum Gasteiger partial charge on any atom is -0.325 e. The predicted molar refractivity (Wildman–Crippen MR) is 159 cm³/mol. The van der Waals surface area contributed by atoms with Crippen LogP contribution in [0.1, 0.15) is 27.5 Å². The zero-order chi connectivity index (χ0) is 30.6. The molecule has 220 valence electrons. The SMILES string of the molecule is Cc1cccc(NC(=O)Cn2c3c(sc2=O)[C@@H](c2ccc(Cl)cc2)[C@@H]2C(=O)N(c4ccccc4C(F)(F)F)C(=O)[C@@H]2S3)c1. The molecule has 1 N–H and O–H groups in total. The Labute approximate surface area is 256 Å². The van der Waals surface area contributed by atoms with Gasteiger partial charge in [-0.2, -0.15) is 13.2 Å². The number of rotatable bonds is 5. The molecule has 4 aromatic rings. The number of thioether (sulfide) groups is 1. The van der Waals surface area contributed by atoms with Gasteiger partial charge in [0.1, 0.15) is 11.8 Å². The first-order chi connectivity index (χ1) is 20.4. The molecule has 3 atom stereocenters. The van der Waals surface area contributed by atoms with E-state index in [1.807, 2.05) is 13.0 Å². The maximum Gasteiger partial charge on any atom is 0.418 e. The van der Waals surface area contributed by atoms with E-state index in [9.17, 15) is 32.3 Å². The third-order valence-electron chi connectivity index (χ3n) is 7.33. The number of imide groups is 1. The number of nitrogens with one attached hydrogen (secondary N) is 1. The van der Waals surface area contributed by atoms with Crippen molar-refractivity contribution in [2.45, 2.75) is 35.8 Å². The van der Waals surface area contributed by atoms with Gasteiger partial charge in [-0.1, -0.05) is 71.1 Å². The summed E-state index contributed by atoms with van der Waals surface area (Å²) in [4.78, 5) is 54.6. The average molecular weight is 644 g/mol. The monoisotopic (exact) mass is 643 g/mol. The number of carbonyl (C=O) groups is 3. The topological polar surface area (TPSA) is 88.5 Å². The molecule has 0 aliphatic carbocycles. The highest BCUT2D eigenvalue weighted by Crippen LogP contribution is 2.54. The molecule has 43 heavy (non-hydrogen) atoms. The van der Waals surface area contributed by atoms with E-state index >= 15 is 0 Å². The van der Waals surface area contributed by atoms with E-state index < -0.39 is 57.1 Å². The summed E-state index contributed by atoms with van der Waals surface area (Å²) >= 11 is 7.87. The lowest BCUT2D eigenvalue weighted by molar-refractivity contribution is -0.137. The van der Waals surface area contributed by atoms with Crippen LogP contribution in [0.25, 0.3) is 0 Å². The molecule has 7 nitrogen and oxygen atoms in total. The lowest BCUT2D eigenvalue weighted by atomic mass is 9.83. The van der Waals surface area contributed by atoms with Crippen LogP contribution in [0, 0.1) is 12.8 Å². The van der Waals surface area contributed by atoms with Gasteiger partial charge in [0.25, 0.3) is 0 Å². The van der Waals surface area contributed by atoms with Crippen molar-refractivity contribution in [3.05, 3.63) is 109 Å². The summed E-state index contributed by atoms with van der Waals surface area (Å²) in [6.07, 6.45) is -4.81. The van der Waals surface area contributed by atoms with Crippen molar-refractivity contribution in [2.24, 2.45) is 5.92 Å². The number of para-hydroxylation sites is 1. The first kappa shape index (κ1) is 29.2. The van der Waals surface area contributed by atoms with E-state index in [1.54, 1.807) is 42.5 Å². The minimum absolute atomic E-state index is 0.322. The van der Waals surface area contributed by atoms with Gasteiger partial charge in [0.05, 0.1) is 22.2 Å². The van der Waals surface area contributed by atoms with Gasteiger partial charge < -0.3 is 5.32 Å². The van der Waals surface area contributed by atoms with E-state index in [0.717, 1.165) is 40.8 Å². The lowest BCUT2D eigenvalue weighted by Gasteiger charge is -2.30. The number of amides is 3. The highest BCUT2D eigenvalue weighted by molar-refractivity contribution is 8.00. The smallest absolute Gasteiger partial charge is 0.325 e. The number of carbonyl (C=O) groups excluding carboxylic acids is 3. The number of hydrogen-bond donors (Lipinski definition) is 1. The van der Waals surface area contributed by atoms with Crippen LogP contribution >= 0.6 is 34.7 Å².